The third-order valence-corrected chi connectivity index (χ3v) is 4.92. The summed E-state index contributed by atoms with van der Waals surface area (Å²) in [7, 11) is 0. The Balaban J connectivity index is 1.87. The monoisotopic (exact) mass is 391 g/mol. The van der Waals surface area contributed by atoms with Crippen molar-refractivity contribution in [1.29, 1.82) is 0 Å². The van der Waals surface area contributed by atoms with Gasteiger partial charge in [0.15, 0.2) is 0 Å². The van der Waals surface area contributed by atoms with E-state index in [1.54, 1.807) is 0 Å². The van der Waals surface area contributed by atoms with E-state index in [-0.39, 0.29) is 6.04 Å². The van der Waals surface area contributed by atoms with Gasteiger partial charge in [0.25, 0.3) is 0 Å². The van der Waals surface area contributed by atoms with Crippen LogP contribution in [0.4, 0.5) is 5.82 Å². The van der Waals surface area contributed by atoms with Gasteiger partial charge in [0.1, 0.15) is 5.82 Å². The Labute approximate surface area is 155 Å². The van der Waals surface area contributed by atoms with Crippen LogP contribution < -0.4 is 5.32 Å². The second-order valence-electron chi connectivity index (χ2n) is 6.05. The number of nitrogens with one attached hydrogen (secondary N) is 2. The molecule has 0 fully saturated rings. The van der Waals surface area contributed by atoms with E-state index in [0.717, 1.165) is 21.5 Å². The van der Waals surface area contributed by atoms with Gasteiger partial charge in [-0.2, -0.15) is 0 Å². The van der Waals surface area contributed by atoms with Crippen molar-refractivity contribution in [2.24, 2.45) is 0 Å². The first-order valence-corrected chi connectivity index (χ1v) is 9.02. The number of aromatic nitrogens is 2. The zero-order valence-corrected chi connectivity index (χ0v) is 15.4. The molecule has 124 valence electrons. The molecule has 0 aliphatic heterocycles. The van der Waals surface area contributed by atoms with Gasteiger partial charge in [-0.05, 0) is 42.8 Å². The first kappa shape index (κ1) is 15.9. The Hall–Kier alpha value is -2.59. The molecule has 0 spiro atoms. The van der Waals surface area contributed by atoms with Gasteiger partial charge < -0.3 is 10.3 Å². The highest BCUT2D eigenvalue weighted by Gasteiger charge is 2.21. The lowest BCUT2D eigenvalue weighted by atomic mass is 9.96. The first-order chi connectivity index (χ1) is 12.2. The van der Waals surface area contributed by atoms with E-state index in [9.17, 15) is 0 Å². The molecule has 0 aliphatic rings. The molecule has 4 rings (SSSR count). The summed E-state index contributed by atoms with van der Waals surface area (Å²) in [5.41, 5.74) is 4.77. The van der Waals surface area contributed by atoms with Gasteiger partial charge in [-0.3, -0.25) is 0 Å². The van der Waals surface area contributed by atoms with E-state index in [1.165, 1.54) is 16.5 Å². The standard InChI is InChI=1S/C21H18BrN3/c1-14-20(17-6-2-3-7-18(17)24-14)21(15-9-11-16(22)12-10-15)25-19-8-4-5-13-23-19/h2-13,21,24H,1H3,(H,23,25)/t21-/m1/s1. The Morgan fingerprint density at radius 2 is 1.72 bits per heavy atom. The second-order valence-corrected chi connectivity index (χ2v) is 6.97. The average Bonchev–Trinajstić information content (AvgIpc) is 2.97. The van der Waals surface area contributed by atoms with Gasteiger partial charge in [-0.15, -0.1) is 0 Å². The van der Waals surface area contributed by atoms with Gasteiger partial charge in [0.2, 0.25) is 0 Å². The summed E-state index contributed by atoms with van der Waals surface area (Å²) in [4.78, 5) is 7.96. The fraction of sp³-hybridized carbons (Fsp3) is 0.0952. The molecular weight excluding hydrogens is 374 g/mol. The van der Waals surface area contributed by atoms with Gasteiger partial charge >= 0.3 is 0 Å². The van der Waals surface area contributed by atoms with Crippen LogP contribution in [0.5, 0.6) is 0 Å². The highest BCUT2D eigenvalue weighted by atomic mass is 79.9. The first-order valence-electron chi connectivity index (χ1n) is 8.22. The molecule has 25 heavy (non-hydrogen) atoms. The molecule has 2 N–H and O–H groups in total. The number of H-pyrrole nitrogens is 1. The summed E-state index contributed by atoms with van der Waals surface area (Å²) in [5.74, 6) is 0.861. The van der Waals surface area contributed by atoms with Crippen molar-refractivity contribution in [3.05, 3.63) is 94.2 Å². The lowest BCUT2D eigenvalue weighted by molar-refractivity contribution is 0.921. The van der Waals surface area contributed by atoms with Crippen LogP contribution >= 0.6 is 15.9 Å². The molecule has 0 saturated carbocycles. The molecule has 0 bridgehead atoms. The highest BCUT2D eigenvalue weighted by molar-refractivity contribution is 9.10. The molecule has 2 heterocycles. The van der Waals surface area contributed by atoms with E-state index < -0.39 is 0 Å². The van der Waals surface area contributed by atoms with E-state index in [4.69, 9.17) is 0 Å². The van der Waals surface area contributed by atoms with Crippen LogP contribution in [0.3, 0.4) is 0 Å². The smallest absolute Gasteiger partial charge is 0.126 e. The zero-order chi connectivity index (χ0) is 17.2. The largest absolute Gasteiger partial charge is 0.359 e. The van der Waals surface area contributed by atoms with E-state index in [2.05, 4.69) is 86.7 Å². The van der Waals surface area contributed by atoms with Crippen LogP contribution in [-0.2, 0) is 0 Å². The Morgan fingerprint density at radius 1 is 0.960 bits per heavy atom. The van der Waals surface area contributed by atoms with Crippen molar-refractivity contribution >= 4 is 32.7 Å². The van der Waals surface area contributed by atoms with Crippen molar-refractivity contribution in [3.63, 3.8) is 0 Å². The minimum absolute atomic E-state index is 0.0131. The highest BCUT2D eigenvalue weighted by Crippen LogP contribution is 2.34. The molecule has 0 radical (unpaired) electrons. The summed E-state index contributed by atoms with van der Waals surface area (Å²) in [5, 5.41) is 4.84. The molecule has 4 aromatic rings. The summed E-state index contributed by atoms with van der Waals surface area (Å²) in [6, 6.07) is 22.8. The SMILES string of the molecule is Cc1[nH]c2ccccc2c1[C@H](Nc1ccccn1)c1ccc(Br)cc1. The number of hydrogen-bond donors (Lipinski definition) is 2. The van der Waals surface area contributed by atoms with Crippen molar-refractivity contribution in [3.8, 4) is 0 Å². The molecule has 0 saturated heterocycles. The third-order valence-electron chi connectivity index (χ3n) is 4.39. The van der Waals surface area contributed by atoms with Gasteiger partial charge in [0, 0.05) is 32.8 Å². The number of para-hydroxylation sites is 1. The third kappa shape index (κ3) is 3.17. The molecule has 3 nitrogen and oxygen atoms in total. The van der Waals surface area contributed by atoms with Gasteiger partial charge in [-0.1, -0.05) is 52.3 Å². The summed E-state index contributed by atoms with van der Waals surface area (Å²) in [6.45, 7) is 2.13. The quantitative estimate of drug-likeness (QED) is 0.458. The topological polar surface area (TPSA) is 40.7 Å². The number of anilines is 1. The van der Waals surface area contributed by atoms with Gasteiger partial charge in [-0.25, -0.2) is 4.98 Å². The lowest BCUT2D eigenvalue weighted by Crippen LogP contribution is -2.14. The maximum Gasteiger partial charge on any atom is 0.126 e. The number of aryl methyl sites for hydroxylation is 1. The number of nitrogens with zero attached hydrogens (tertiary/aromatic N) is 1. The van der Waals surface area contributed by atoms with Crippen molar-refractivity contribution in [2.75, 3.05) is 5.32 Å². The number of pyridine rings is 1. The molecule has 2 aromatic heterocycles. The second kappa shape index (κ2) is 6.73. The number of halogens is 1. The number of benzene rings is 2. The maximum atomic E-state index is 4.45. The molecule has 4 heteroatoms. The van der Waals surface area contributed by atoms with Crippen molar-refractivity contribution < 1.29 is 0 Å². The van der Waals surface area contributed by atoms with Crippen LogP contribution in [-0.4, -0.2) is 9.97 Å². The minimum Gasteiger partial charge on any atom is -0.359 e. The number of fused-ring (bicyclic) bond motifs is 1. The average molecular weight is 392 g/mol. The molecule has 1 atom stereocenters. The normalized spacial score (nSPS) is 12.2. The van der Waals surface area contributed by atoms with Crippen LogP contribution in [0, 0.1) is 6.92 Å². The molecule has 0 aliphatic carbocycles. The van der Waals surface area contributed by atoms with Crippen LogP contribution in [0.25, 0.3) is 10.9 Å². The minimum atomic E-state index is 0.0131. The molecular formula is C21H18BrN3. The van der Waals surface area contributed by atoms with Crippen LogP contribution in [0.2, 0.25) is 0 Å². The summed E-state index contributed by atoms with van der Waals surface area (Å²) >= 11 is 3.53. The fourth-order valence-corrected chi connectivity index (χ4v) is 3.51. The van der Waals surface area contributed by atoms with Crippen LogP contribution in [0.1, 0.15) is 22.9 Å². The summed E-state index contributed by atoms with van der Waals surface area (Å²) in [6.07, 6.45) is 1.81. The fourth-order valence-electron chi connectivity index (χ4n) is 3.24. The predicted molar refractivity (Wildman–Crippen MR) is 107 cm³/mol. The lowest BCUT2D eigenvalue weighted by Gasteiger charge is -2.21. The van der Waals surface area contributed by atoms with Crippen molar-refractivity contribution in [1.82, 2.24) is 9.97 Å². The number of aromatic amines is 1. The zero-order valence-electron chi connectivity index (χ0n) is 13.8. The van der Waals surface area contributed by atoms with E-state index in [0.29, 0.717) is 0 Å². The van der Waals surface area contributed by atoms with Crippen LogP contribution in [0.15, 0.2) is 77.4 Å². The van der Waals surface area contributed by atoms with Crippen molar-refractivity contribution in [2.45, 2.75) is 13.0 Å². The van der Waals surface area contributed by atoms with Gasteiger partial charge in [0.05, 0.1) is 6.04 Å². The maximum absolute atomic E-state index is 4.45. The molecule has 2 aromatic carbocycles. The predicted octanol–water partition coefficient (Wildman–Crippen LogP) is 5.84. The Bertz CT molecular complexity index is 991. The molecule has 0 amide bonds. The number of rotatable bonds is 4. The Kier molecular flexibility index (Phi) is 4.28. The van der Waals surface area contributed by atoms with E-state index in [1.807, 2.05) is 24.4 Å². The summed E-state index contributed by atoms with van der Waals surface area (Å²) < 4.78 is 1.07. The Morgan fingerprint density at radius 3 is 2.48 bits per heavy atom. The number of hydrogen-bond acceptors (Lipinski definition) is 2. The van der Waals surface area contributed by atoms with E-state index >= 15 is 0 Å². The molecule has 0 unspecified atom stereocenters.